The highest BCUT2D eigenvalue weighted by Gasteiger charge is 2.20. The third-order valence-electron chi connectivity index (χ3n) is 2.13. The maximum atomic E-state index is 13.5. The minimum Gasteiger partial charge on any atom is -0.488 e. The lowest BCUT2D eigenvalue weighted by molar-refractivity contribution is -0.386. The van der Waals surface area contributed by atoms with Gasteiger partial charge in [0, 0.05) is 12.1 Å². The molecule has 1 aromatic rings. The summed E-state index contributed by atoms with van der Waals surface area (Å²) in [5.41, 5.74) is 5.43. The summed E-state index contributed by atoms with van der Waals surface area (Å²) in [4.78, 5) is 10.1. The van der Waals surface area contributed by atoms with Gasteiger partial charge in [0.1, 0.15) is 0 Å². The molecule has 0 unspecified atom stereocenters. The molecule has 18 heavy (non-hydrogen) atoms. The Hall–Kier alpha value is -1.73. The quantitative estimate of drug-likeness (QED) is 0.618. The highest BCUT2D eigenvalue weighted by atomic mass is 19.1. The van der Waals surface area contributed by atoms with E-state index in [4.69, 9.17) is 10.5 Å². The monoisotopic (exact) mass is 258 g/mol. The van der Waals surface area contributed by atoms with E-state index in [0.29, 0.717) is 12.2 Å². The predicted octanol–water partition coefficient (Wildman–Crippen LogP) is 1.61. The van der Waals surface area contributed by atoms with Crippen LogP contribution < -0.4 is 10.5 Å². The van der Waals surface area contributed by atoms with Crippen LogP contribution in [0.25, 0.3) is 0 Å². The average Bonchev–Trinajstić information content (AvgIpc) is 2.27. The van der Waals surface area contributed by atoms with Crippen molar-refractivity contribution < 1.29 is 18.8 Å². The highest BCUT2D eigenvalue weighted by molar-refractivity contribution is 5.49. The van der Waals surface area contributed by atoms with E-state index in [0.717, 1.165) is 6.07 Å². The summed E-state index contributed by atoms with van der Waals surface area (Å²) in [6, 6.07) is 2.22. The fourth-order valence-electron chi connectivity index (χ4n) is 1.42. The van der Waals surface area contributed by atoms with Gasteiger partial charge in [0.15, 0.2) is 5.82 Å². The van der Waals surface area contributed by atoms with E-state index in [9.17, 15) is 14.5 Å². The Morgan fingerprint density at radius 3 is 2.72 bits per heavy atom. The Kier molecular flexibility index (Phi) is 4.99. The molecule has 0 aliphatic rings. The number of hydrogen-bond acceptors (Lipinski definition) is 5. The van der Waals surface area contributed by atoms with E-state index in [-0.39, 0.29) is 18.4 Å². The number of halogens is 1. The fourth-order valence-corrected chi connectivity index (χ4v) is 1.42. The van der Waals surface area contributed by atoms with E-state index in [1.165, 1.54) is 13.2 Å². The lowest BCUT2D eigenvalue weighted by Crippen LogP contribution is -2.21. The largest absolute Gasteiger partial charge is 0.488 e. The number of hydrogen-bond donors (Lipinski definition) is 1. The van der Waals surface area contributed by atoms with Crippen molar-refractivity contribution in [3.63, 3.8) is 0 Å². The van der Waals surface area contributed by atoms with Gasteiger partial charge in [-0.2, -0.15) is 0 Å². The third kappa shape index (κ3) is 3.64. The number of benzene rings is 1. The molecular formula is C11H15FN2O4. The van der Waals surface area contributed by atoms with Crippen molar-refractivity contribution in [1.29, 1.82) is 0 Å². The molecule has 0 spiro atoms. The van der Waals surface area contributed by atoms with Crippen molar-refractivity contribution in [3.8, 4) is 5.75 Å². The molecule has 0 saturated carbocycles. The van der Waals surface area contributed by atoms with Crippen LogP contribution in [-0.4, -0.2) is 24.7 Å². The zero-order chi connectivity index (χ0) is 13.7. The first-order valence-corrected chi connectivity index (χ1v) is 5.29. The molecule has 6 nitrogen and oxygen atoms in total. The van der Waals surface area contributed by atoms with E-state index < -0.39 is 16.4 Å². The van der Waals surface area contributed by atoms with Crippen LogP contribution in [0.15, 0.2) is 12.1 Å². The lowest BCUT2D eigenvalue weighted by Gasteiger charge is -2.09. The lowest BCUT2D eigenvalue weighted by atomic mass is 10.2. The van der Waals surface area contributed by atoms with Crippen LogP contribution in [0.2, 0.25) is 0 Å². The molecule has 0 aliphatic heterocycles. The van der Waals surface area contributed by atoms with E-state index >= 15 is 0 Å². The maximum absolute atomic E-state index is 13.5. The van der Waals surface area contributed by atoms with Gasteiger partial charge in [-0.3, -0.25) is 10.1 Å². The average molecular weight is 258 g/mol. The van der Waals surface area contributed by atoms with Crippen molar-refractivity contribution in [2.75, 3.05) is 13.7 Å². The molecule has 0 aliphatic carbocycles. The van der Waals surface area contributed by atoms with Crippen molar-refractivity contribution >= 4 is 5.69 Å². The first-order chi connectivity index (χ1) is 8.45. The minimum absolute atomic E-state index is 0.0588. The molecule has 1 atom stereocenters. The number of nitro groups is 1. The number of nitrogens with zero attached hydrogens (tertiary/aromatic N) is 1. The zero-order valence-electron chi connectivity index (χ0n) is 10.2. The molecule has 0 amide bonds. The van der Waals surface area contributed by atoms with Crippen LogP contribution in [-0.2, 0) is 11.3 Å². The molecule has 0 saturated heterocycles. The zero-order valence-corrected chi connectivity index (χ0v) is 10.2. The van der Waals surface area contributed by atoms with Gasteiger partial charge < -0.3 is 15.2 Å². The maximum Gasteiger partial charge on any atom is 0.314 e. The number of nitrogens with two attached hydrogens (primary N) is 1. The first kappa shape index (κ1) is 14.3. The normalized spacial score (nSPS) is 12.2. The Balaban J connectivity index is 2.91. The molecule has 0 heterocycles. The molecule has 2 N–H and O–H groups in total. The molecule has 0 radical (unpaired) electrons. The molecule has 100 valence electrons. The van der Waals surface area contributed by atoms with Crippen LogP contribution in [0, 0.1) is 15.9 Å². The molecule has 1 rings (SSSR count). The van der Waals surface area contributed by atoms with Gasteiger partial charge in [-0.15, -0.1) is 0 Å². The van der Waals surface area contributed by atoms with Crippen LogP contribution in [0.5, 0.6) is 5.75 Å². The van der Waals surface area contributed by atoms with Gasteiger partial charge in [-0.05, 0) is 18.6 Å². The Labute approximate surface area is 104 Å². The molecular weight excluding hydrogens is 243 g/mol. The van der Waals surface area contributed by atoms with Gasteiger partial charge in [0.05, 0.1) is 25.2 Å². The number of rotatable bonds is 6. The summed E-state index contributed by atoms with van der Waals surface area (Å²) in [5, 5.41) is 10.8. The number of nitro benzene ring substituents is 1. The van der Waals surface area contributed by atoms with E-state index in [1.807, 2.05) is 0 Å². The van der Waals surface area contributed by atoms with Gasteiger partial charge in [0.2, 0.25) is 5.75 Å². The van der Waals surface area contributed by atoms with Crippen molar-refractivity contribution in [2.24, 2.45) is 5.73 Å². The van der Waals surface area contributed by atoms with Crippen LogP contribution in [0.4, 0.5) is 10.1 Å². The summed E-state index contributed by atoms with van der Waals surface area (Å²) >= 11 is 0. The first-order valence-electron chi connectivity index (χ1n) is 5.29. The van der Waals surface area contributed by atoms with E-state index in [1.54, 1.807) is 6.92 Å². The standard InChI is InChI=1S/C11H15FN2O4/c1-7(13)5-18-6-8-3-9(12)11(17-2)10(4-8)14(15)16/h3-4,7H,5-6,13H2,1-2H3/t7-/m1/s1. The van der Waals surface area contributed by atoms with Gasteiger partial charge in [-0.1, -0.05) is 0 Å². The smallest absolute Gasteiger partial charge is 0.314 e. The molecule has 0 fully saturated rings. The van der Waals surface area contributed by atoms with Gasteiger partial charge >= 0.3 is 5.69 Å². The molecule has 1 aromatic carbocycles. The molecule has 0 bridgehead atoms. The van der Waals surface area contributed by atoms with Gasteiger partial charge in [-0.25, -0.2) is 4.39 Å². The highest BCUT2D eigenvalue weighted by Crippen LogP contribution is 2.31. The summed E-state index contributed by atoms with van der Waals surface area (Å²) in [5.74, 6) is -1.16. The second-order valence-corrected chi connectivity index (χ2v) is 3.88. The second kappa shape index (κ2) is 6.27. The third-order valence-corrected chi connectivity index (χ3v) is 2.13. The van der Waals surface area contributed by atoms with Crippen LogP contribution >= 0.6 is 0 Å². The molecule has 7 heteroatoms. The van der Waals surface area contributed by atoms with Crippen molar-refractivity contribution in [2.45, 2.75) is 19.6 Å². The number of ether oxygens (including phenoxy) is 2. The summed E-state index contributed by atoms with van der Waals surface area (Å²) in [7, 11) is 1.18. The fraction of sp³-hybridized carbons (Fsp3) is 0.455. The summed E-state index contributed by atoms with van der Waals surface area (Å²) in [6.07, 6.45) is 0. The van der Waals surface area contributed by atoms with Gasteiger partial charge in [0.25, 0.3) is 0 Å². The summed E-state index contributed by atoms with van der Waals surface area (Å²) < 4.78 is 23.4. The van der Waals surface area contributed by atoms with Crippen molar-refractivity contribution in [1.82, 2.24) is 0 Å². The Morgan fingerprint density at radius 1 is 1.56 bits per heavy atom. The second-order valence-electron chi connectivity index (χ2n) is 3.88. The topological polar surface area (TPSA) is 87.6 Å². The van der Waals surface area contributed by atoms with E-state index in [2.05, 4.69) is 4.74 Å². The summed E-state index contributed by atoms with van der Waals surface area (Å²) in [6.45, 7) is 2.11. The van der Waals surface area contributed by atoms with Crippen LogP contribution in [0.3, 0.4) is 0 Å². The molecule has 0 aromatic heterocycles. The predicted molar refractivity (Wildman–Crippen MR) is 62.9 cm³/mol. The van der Waals surface area contributed by atoms with Crippen LogP contribution in [0.1, 0.15) is 12.5 Å². The SMILES string of the molecule is COc1c(F)cc(COC[C@@H](C)N)cc1[N+](=O)[O-]. The minimum atomic E-state index is -0.786. The Morgan fingerprint density at radius 2 is 2.22 bits per heavy atom. The Bertz CT molecular complexity index is 437. The number of methoxy groups -OCH3 is 1. The van der Waals surface area contributed by atoms with Crippen molar-refractivity contribution in [3.05, 3.63) is 33.6 Å².